The van der Waals surface area contributed by atoms with E-state index in [0.717, 1.165) is 32.1 Å². The molecule has 0 saturated heterocycles. The summed E-state index contributed by atoms with van der Waals surface area (Å²) in [6, 6.07) is 0. The van der Waals surface area contributed by atoms with Crippen LogP contribution in [0.3, 0.4) is 0 Å². The molecule has 72 valence electrons. The van der Waals surface area contributed by atoms with Crippen molar-refractivity contribution in [3.05, 3.63) is 0 Å². The van der Waals surface area contributed by atoms with E-state index in [-0.39, 0.29) is 6.16 Å². The van der Waals surface area contributed by atoms with E-state index in [1.54, 1.807) is 0 Å². The van der Waals surface area contributed by atoms with Gasteiger partial charge in [-0.1, -0.05) is 19.3 Å². The maximum absolute atomic E-state index is 10.7. The molecule has 0 bridgehead atoms. The Bertz CT molecular complexity index is 195. The van der Waals surface area contributed by atoms with Crippen LogP contribution in [0.4, 0.5) is 0 Å². The zero-order valence-corrected chi connectivity index (χ0v) is 7.96. The summed E-state index contributed by atoms with van der Waals surface area (Å²) >= 11 is 0. The van der Waals surface area contributed by atoms with Crippen molar-refractivity contribution in [2.75, 3.05) is 6.16 Å². The third-order valence-electron chi connectivity index (χ3n) is 2.37. The maximum atomic E-state index is 10.7. The van der Waals surface area contributed by atoms with Crippen molar-refractivity contribution in [3.63, 3.8) is 0 Å². The van der Waals surface area contributed by atoms with Gasteiger partial charge in [0.15, 0.2) is 0 Å². The van der Waals surface area contributed by atoms with Gasteiger partial charge in [0.25, 0.3) is 0 Å². The SMILES string of the molecule is NC1(CP(=O)(O)O)CCCCC1. The molecule has 0 unspecified atom stereocenters. The van der Waals surface area contributed by atoms with Gasteiger partial charge in [0.2, 0.25) is 0 Å². The molecular weight excluding hydrogens is 177 g/mol. The van der Waals surface area contributed by atoms with E-state index < -0.39 is 13.1 Å². The monoisotopic (exact) mass is 193 g/mol. The maximum Gasteiger partial charge on any atom is 0.327 e. The Labute approximate surface area is 72.3 Å². The molecule has 0 aliphatic heterocycles. The normalized spacial score (nSPS) is 23.9. The lowest BCUT2D eigenvalue weighted by Gasteiger charge is -2.33. The lowest BCUT2D eigenvalue weighted by Crippen LogP contribution is -2.45. The van der Waals surface area contributed by atoms with Gasteiger partial charge in [-0.05, 0) is 12.8 Å². The van der Waals surface area contributed by atoms with Crippen LogP contribution in [-0.2, 0) is 4.57 Å². The Hall–Kier alpha value is 0.110. The van der Waals surface area contributed by atoms with E-state index in [4.69, 9.17) is 15.5 Å². The minimum absolute atomic E-state index is 0.153. The molecule has 0 amide bonds. The Morgan fingerprint density at radius 1 is 1.25 bits per heavy atom. The number of hydrogen-bond acceptors (Lipinski definition) is 2. The Morgan fingerprint density at radius 3 is 2.17 bits per heavy atom. The molecule has 0 spiro atoms. The van der Waals surface area contributed by atoms with Crippen molar-refractivity contribution < 1.29 is 14.4 Å². The van der Waals surface area contributed by atoms with Crippen LogP contribution in [0.5, 0.6) is 0 Å². The second kappa shape index (κ2) is 3.46. The first-order valence-electron chi connectivity index (χ1n) is 4.25. The fourth-order valence-corrected chi connectivity index (χ4v) is 2.96. The highest BCUT2D eigenvalue weighted by molar-refractivity contribution is 7.51. The van der Waals surface area contributed by atoms with E-state index >= 15 is 0 Å². The molecule has 1 rings (SSSR count). The lowest BCUT2D eigenvalue weighted by molar-refractivity contribution is 0.295. The summed E-state index contributed by atoms with van der Waals surface area (Å²) in [5.41, 5.74) is 5.25. The highest BCUT2D eigenvalue weighted by atomic mass is 31.2. The second-order valence-corrected chi connectivity index (χ2v) is 5.39. The molecule has 0 heterocycles. The van der Waals surface area contributed by atoms with Gasteiger partial charge in [-0.25, -0.2) is 0 Å². The molecular formula is C7H16NO3P. The first kappa shape index (κ1) is 10.2. The van der Waals surface area contributed by atoms with E-state index in [2.05, 4.69) is 0 Å². The van der Waals surface area contributed by atoms with Gasteiger partial charge in [-0.2, -0.15) is 0 Å². The average Bonchev–Trinajstić information content (AvgIpc) is 1.83. The highest BCUT2D eigenvalue weighted by Crippen LogP contribution is 2.42. The average molecular weight is 193 g/mol. The Kier molecular flexibility index (Phi) is 2.94. The molecule has 0 atom stereocenters. The summed E-state index contributed by atoms with van der Waals surface area (Å²) in [5.74, 6) is 0. The molecule has 4 N–H and O–H groups in total. The molecule has 1 saturated carbocycles. The smallest absolute Gasteiger partial charge is 0.325 e. The topological polar surface area (TPSA) is 83.6 Å². The Morgan fingerprint density at radius 2 is 1.75 bits per heavy atom. The molecule has 0 aromatic carbocycles. The van der Waals surface area contributed by atoms with Crippen LogP contribution in [-0.4, -0.2) is 21.5 Å². The molecule has 0 aromatic rings. The van der Waals surface area contributed by atoms with Gasteiger partial charge in [0, 0.05) is 5.54 Å². The van der Waals surface area contributed by atoms with E-state index in [1.165, 1.54) is 0 Å². The van der Waals surface area contributed by atoms with Gasteiger partial charge in [-0.3, -0.25) is 4.57 Å². The van der Waals surface area contributed by atoms with Gasteiger partial charge >= 0.3 is 7.60 Å². The fourth-order valence-electron chi connectivity index (χ4n) is 1.82. The molecule has 4 nitrogen and oxygen atoms in total. The zero-order valence-electron chi connectivity index (χ0n) is 7.07. The molecule has 0 aromatic heterocycles. The van der Waals surface area contributed by atoms with Crippen molar-refractivity contribution >= 4 is 7.60 Å². The fraction of sp³-hybridized carbons (Fsp3) is 1.00. The van der Waals surface area contributed by atoms with Gasteiger partial charge in [0.05, 0.1) is 6.16 Å². The van der Waals surface area contributed by atoms with Crippen LogP contribution in [0.2, 0.25) is 0 Å². The summed E-state index contributed by atoms with van der Waals surface area (Å²) in [6.45, 7) is 0. The molecule has 1 aliphatic carbocycles. The predicted molar refractivity (Wildman–Crippen MR) is 46.9 cm³/mol. The third-order valence-corrected chi connectivity index (χ3v) is 3.41. The van der Waals surface area contributed by atoms with Crippen LogP contribution in [0.25, 0.3) is 0 Å². The van der Waals surface area contributed by atoms with Crippen molar-refractivity contribution in [1.82, 2.24) is 0 Å². The van der Waals surface area contributed by atoms with Crippen molar-refractivity contribution in [2.45, 2.75) is 37.6 Å². The molecule has 5 heteroatoms. The van der Waals surface area contributed by atoms with E-state index in [1.807, 2.05) is 0 Å². The minimum atomic E-state index is -3.92. The van der Waals surface area contributed by atoms with Gasteiger partial charge in [0.1, 0.15) is 0 Å². The second-order valence-electron chi connectivity index (χ2n) is 3.75. The first-order chi connectivity index (χ1) is 5.41. The summed E-state index contributed by atoms with van der Waals surface area (Å²) in [6.07, 6.45) is 4.48. The van der Waals surface area contributed by atoms with E-state index in [0.29, 0.717) is 0 Å². The first-order valence-corrected chi connectivity index (χ1v) is 6.05. The molecule has 12 heavy (non-hydrogen) atoms. The predicted octanol–water partition coefficient (Wildman–Crippen LogP) is 0.826. The lowest BCUT2D eigenvalue weighted by atomic mass is 9.84. The summed E-state index contributed by atoms with van der Waals surface area (Å²) < 4.78 is 10.7. The van der Waals surface area contributed by atoms with Crippen molar-refractivity contribution in [2.24, 2.45) is 5.73 Å². The summed E-state index contributed by atoms with van der Waals surface area (Å²) in [5, 5.41) is 0. The molecule has 0 radical (unpaired) electrons. The van der Waals surface area contributed by atoms with E-state index in [9.17, 15) is 4.57 Å². The van der Waals surface area contributed by atoms with Crippen LogP contribution in [0.1, 0.15) is 32.1 Å². The molecule has 1 fully saturated rings. The summed E-state index contributed by atoms with van der Waals surface area (Å²) in [4.78, 5) is 17.5. The third kappa shape index (κ3) is 3.23. The number of rotatable bonds is 2. The number of hydrogen-bond donors (Lipinski definition) is 3. The minimum Gasteiger partial charge on any atom is -0.325 e. The summed E-state index contributed by atoms with van der Waals surface area (Å²) in [7, 11) is -3.92. The van der Waals surface area contributed by atoms with Crippen LogP contribution in [0, 0.1) is 0 Å². The van der Waals surface area contributed by atoms with Crippen LogP contribution in [0.15, 0.2) is 0 Å². The van der Waals surface area contributed by atoms with Crippen LogP contribution >= 0.6 is 7.60 Å². The molecule has 1 aliphatic rings. The zero-order chi connectivity index (χ0) is 9.24. The Balaban J connectivity index is 2.53. The van der Waals surface area contributed by atoms with Crippen molar-refractivity contribution in [1.29, 1.82) is 0 Å². The standard InChI is InChI=1S/C7H16NO3P/c8-7(6-12(9,10)11)4-2-1-3-5-7/h1-6,8H2,(H2,9,10,11). The largest absolute Gasteiger partial charge is 0.327 e. The number of nitrogens with two attached hydrogens (primary N) is 1. The highest BCUT2D eigenvalue weighted by Gasteiger charge is 2.34. The quantitative estimate of drug-likeness (QED) is 0.567. The van der Waals surface area contributed by atoms with Gasteiger partial charge < -0.3 is 15.5 Å². The van der Waals surface area contributed by atoms with Crippen molar-refractivity contribution in [3.8, 4) is 0 Å². The van der Waals surface area contributed by atoms with Crippen LogP contribution < -0.4 is 5.73 Å². The van der Waals surface area contributed by atoms with Gasteiger partial charge in [-0.15, -0.1) is 0 Å².